The molecule has 3 heterocycles. The van der Waals surface area contributed by atoms with Gasteiger partial charge >= 0.3 is 5.97 Å². The van der Waals surface area contributed by atoms with Gasteiger partial charge in [0, 0.05) is 24.2 Å². The Kier molecular flexibility index (Phi) is 6.35. The van der Waals surface area contributed by atoms with Gasteiger partial charge in [-0.15, -0.1) is 0 Å². The van der Waals surface area contributed by atoms with E-state index in [2.05, 4.69) is 21.5 Å². The molecule has 1 unspecified atom stereocenters. The minimum atomic E-state index is -0.354. The average molecular weight is 533 g/mol. The number of benzene rings is 3. The summed E-state index contributed by atoms with van der Waals surface area (Å²) >= 11 is 0. The summed E-state index contributed by atoms with van der Waals surface area (Å²) in [6.45, 7) is 2.67. The van der Waals surface area contributed by atoms with E-state index in [0.29, 0.717) is 24.1 Å². The number of amidine groups is 1. The number of hydrogen-bond acceptors (Lipinski definition) is 6. The topological polar surface area (TPSA) is 151 Å². The Morgan fingerprint density at radius 2 is 1.65 bits per heavy atom. The number of fused-ring (bicyclic) bond motifs is 2. The zero-order valence-corrected chi connectivity index (χ0v) is 22.1. The minimum absolute atomic E-state index is 0.00739. The van der Waals surface area contributed by atoms with Crippen molar-refractivity contribution >= 4 is 33.9 Å². The highest BCUT2D eigenvalue weighted by Gasteiger charge is 2.25. The van der Waals surface area contributed by atoms with Crippen LogP contribution in [0.1, 0.15) is 50.4 Å². The monoisotopic (exact) mass is 532 g/mol. The lowest BCUT2D eigenvalue weighted by molar-refractivity contribution is 0.0600. The zero-order valence-electron chi connectivity index (χ0n) is 22.1. The van der Waals surface area contributed by atoms with Gasteiger partial charge in [-0.1, -0.05) is 24.3 Å². The van der Waals surface area contributed by atoms with E-state index in [0.717, 1.165) is 50.7 Å². The van der Waals surface area contributed by atoms with Crippen molar-refractivity contribution in [3.63, 3.8) is 0 Å². The van der Waals surface area contributed by atoms with Crippen LogP contribution in [0.4, 0.5) is 0 Å². The van der Waals surface area contributed by atoms with E-state index in [-0.39, 0.29) is 17.7 Å². The molecule has 3 aromatic carbocycles. The molecule has 6 aromatic rings. The number of H-pyrrole nitrogens is 2. The van der Waals surface area contributed by atoms with Crippen molar-refractivity contribution in [1.29, 1.82) is 5.41 Å². The van der Waals surface area contributed by atoms with Crippen LogP contribution in [0.25, 0.3) is 22.1 Å². The van der Waals surface area contributed by atoms with Crippen LogP contribution in [0.15, 0.2) is 73.1 Å². The van der Waals surface area contributed by atoms with Crippen molar-refractivity contribution in [2.45, 2.75) is 25.8 Å². The molecule has 10 heteroatoms. The number of esters is 1. The Morgan fingerprint density at radius 3 is 2.35 bits per heavy atom. The molecule has 0 aliphatic heterocycles. The smallest absolute Gasteiger partial charge is 0.337 e. The number of rotatable bonds is 8. The second-order valence-electron chi connectivity index (χ2n) is 9.76. The molecule has 40 heavy (non-hydrogen) atoms. The largest absolute Gasteiger partial charge is 0.465 e. The molecule has 5 N–H and O–H groups in total. The Hall–Kier alpha value is -5.25. The molecular formula is C30H28N8O2. The number of nitrogens with two attached hydrogens (primary N) is 1. The standard InChI is InChI=1S/C30H28N8O2/c1-17-25(33-16-38(17)15-18-7-9-19(10-8-18)30(39)40-2)14-21(28-34-22-5-3-4-6-23(22)35-28)29-36-24-12-11-20(27(31)32)13-26(24)37-29/h3-13,16,21H,14-15H2,1-2H3,(H3,31,32)(H,34,35)(H,36,37). The average Bonchev–Trinajstić information content (AvgIpc) is 3.68. The van der Waals surface area contributed by atoms with E-state index in [1.165, 1.54) is 7.11 Å². The van der Waals surface area contributed by atoms with E-state index >= 15 is 0 Å². The first-order chi connectivity index (χ1) is 19.4. The van der Waals surface area contributed by atoms with Crippen molar-refractivity contribution in [2.24, 2.45) is 5.73 Å². The zero-order chi connectivity index (χ0) is 27.8. The molecule has 200 valence electrons. The fraction of sp³-hybridized carbons (Fsp3) is 0.167. The highest BCUT2D eigenvalue weighted by Crippen LogP contribution is 2.29. The van der Waals surface area contributed by atoms with Crippen molar-refractivity contribution in [3.8, 4) is 0 Å². The van der Waals surface area contributed by atoms with Crippen LogP contribution in [-0.2, 0) is 17.7 Å². The van der Waals surface area contributed by atoms with Gasteiger partial charge < -0.3 is 25.0 Å². The molecule has 0 aliphatic carbocycles. The minimum Gasteiger partial charge on any atom is -0.465 e. The van der Waals surface area contributed by atoms with Gasteiger partial charge in [0.05, 0.1) is 52.7 Å². The van der Waals surface area contributed by atoms with Crippen molar-refractivity contribution in [3.05, 3.63) is 113 Å². The van der Waals surface area contributed by atoms with Crippen LogP contribution < -0.4 is 5.73 Å². The number of aromatic nitrogens is 6. The highest BCUT2D eigenvalue weighted by atomic mass is 16.5. The van der Waals surface area contributed by atoms with Crippen LogP contribution in [0.5, 0.6) is 0 Å². The molecule has 0 saturated heterocycles. The third-order valence-electron chi connectivity index (χ3n) is 7.21. The molecule has 10 nitrogen and oxygen atoms in total. The molecule has 0 fully saturated rings. The molecule has 0 saturated carbocycles. The van der Waals surface area contributed by atoms with Crippen molar-refractivity contribution < 1.29 is 9.53 Å². The number of nitrogens with one attached hydrogen (secondary N) is 3. The van der Waals surface area contributed by atoms with E-state index in [4.69, 9.17) is 30.8 Å². The number of carbonyl (C=O) groups excluding carboxylic acids is 1. The number of methoxy groups -OCH3 is 1. The lowest BCUT2D eigenvalue weighted by Gasteiger charge is -2.12. The van der Waals surface area contributed by atoms with Gasteiger partial charge in [0.2, 0.25) is 0 Å². The molecule has 6 rings (SSSR count). The van der Waals surface area contributed by atoms with Gasteiger partial charge in [0.15, 0.2) is 0 Å². The van der Waals surface area contributed by atoms with E-state index in [9.17, 15) is 4.79 Å². The molecule has 1 atom stereocenters. The van der Waals surface area contributed by atoms with Gasteiger partial charge in [-0.3, -0.25) is 5.41 Å². The quantitative estimate of drug-likeness (QED) is 0.129. The Bertz CT molecular complexity index is 1830. The lowest BCUT2D eigenvalue weighted by atomic mass is 10.0. The molecule has 3 aromatic heterocycles. The van der Waals surface area contributed by atoms with Gasteiger partial charge in [-0.05, 0) is 55.0 Å². The number of aromatic amines is 2. The summed E-state index contributed by atoms with van der Waals surface area (Å²) in [6.07, 6.45) is 2.41. The molecule has 0 spiro atoms. The van der Waals surface area contributed by atoms with Crippen LogP contribution in [0.2, 0.25) is 0 Å². The Labute approximate surface area is 229 Å². The summed E-state index contributed by atoms with van der Waals surface area (Å²) in [4.78, 5) is 33.2. The van der Waals surface area contributed by atoms with Crippen LogP contribution >= 0.6 is 0 Å². The number of nitrogens with zero attached hydrogens (tertiary/aromatic N) is 4. The number of hydrogen-bond donors (Lipinski definition) is 4. The first kappa shape index (κ1) is 25.1. The number of carbonyl (C=O) groups is 1. The molecule has 0 radical (unpaired) electrons. The van der Waals surface area contributed by atoms with Gasteiger partial charge in [-0.25, -0.2) is 19.7 Å². The summed E-state index contributed by atoms with van der Waals surface area (Å²) in [7, 11) is 1.37. The molecule has 0 bridgehead atoms. The normalized spacial score (nSPS) is 12.2. The number of imidazole rings is 3. The van der Waals surface area contributed by atoms with Crippen LogP contribution in [-0.4, -0.2) is 48.4 Å². The molecular weight excluding hydrogens is 504 g/mol. The number of para-hydroxylation sites is 2. The Balaban J connectivity index is 1.34. The van der Waals surface area contributed by atoms with Crippen LogP contribution in [0.3, 0.4) is 0 Å². The third kappa shape index (κ3) is 4.71. The maximum Gasteiger partial charge on any atom is 0.337 e. The van der Waals surface area contributed by atoms with E-state index in [1.54, 1.807) is 18.2 Å². The maximum absolute atomic E-state index is 11.8. The lowest BCUT2D eigenvalue weighted by Crippen LogP contribution is -2.11. The predicted octanol–water partition coefficient (Wildman–Crippen LogP) is 4.44. The molecule has 0 aliphatic rings. The first-order valence-electron chi connectivity index (χ1n) is 12.9. The fourth-order valence-electron chi connectivity index (χ4n) is 4.92. The summed E-state index contributed by atoms with van der Waals surface area (Å²) in [6, 6.07) is 20.8. The fourth-order valence-corrected chi connectivity index (χ4v) is 4.92. The first-order valence-corrected chi connectivity index (χ1v) is 12.9. The summed E-state index contributed by atoms with van der Waals surface area (Å²) < 4.78 is 6.89. The second kappa shape index (κ2) is 10.1. The third-order valence-corrected chi connectivity index (χ3v) is 7.21. The van der Waals surface area contributed by atoms with Crippen molar-refractivity contribution in [2.75, 3.05) is 7.11 Å². The predicted molar refractivity (Wildman–Crippen MR) is 153 cm³/mol. The van der Waals surface area contributed by atoms with Gasteiger partial charge in [-0.2, -0.15) is 0 Å². The number of nitrogen functional groups attached to an aromatic ring is 1. The van der Waals surface area contributed by atoms with E-state index in [1.807, 2.05) is 54.9 Å². The SMILES string of the molecule is COC(=O)c1ccc(Cn2cnc(CC(c3nc4ccccc4[nH]3)c3nc4ccc(C(=N)N)cc4[nH]3)c2C)cc1. The van der Waals surface area contributed by atoms with Crippen LogP contribution in [0, 0.1) is 12.3 Å². The summed E-state index contributed by atoms with van der Waals surface area (Å²) in [5, 5.41) is 7.79. The summed E-state index contributed by atoms with van der Waals surface area (Å²) in [5.74, 6) is 0.976. The maximum atomic E-state index is 11.8. The number of ether oxygens (including phenoxy) is 1. The second-order valence-corrected chi connectivity index (χ2v) is 9.76. The Morgan fingerprint density at radius 1 is 0.975 bits per heavy atom. The summed E-state index contributed by atoms with van der Waals surface area (Å²) in [5.41, 5.74) is 13.3. The van der Waals surface area contributed by atoms with Crippen molar-refractivity contribution in [1.82, 2.24) is 29.5 Å². The molecule has 0 amide bonds. The van der Waals surface area contributed by atoms with E-state index < -0.39 is 0 Å². The highest BCUT2D eigenvalue weighted by molar-refractivity contribution is 5.98. The van der Waals surface area contributed by atoms with Gasteiger partial charge in [0.25, 0.3) is 0 Å². The van der Waals surface area contributed by atoms with Gasteiger partial charge in [0.1, 0.15) is 17.5 Å².